The van der Waals surface area contributed by atoms with Gasteiger partial charge in [-0.05, 0) is 18.2 Å². The average molecular weight is 374 g/mol. The summed E-state index contributed by atoms with van der Waals surface area (Å²) >= 11 is 11.8. The Morgan fingerprint density at radius 2 is 1.74 bits per heavy atom. The molecule has 0 aliphatic heterocycles. The Kier molecular flexibility index (Phi) is 5.19. The van der Waals surface area contributed by atoms with E-state index >= 15 is 0 Å². The third kappa shape index (κ3) is 4.19. The number of benzene rings is 2. The molecule has 0 saturated carbocycles. The van der Waals surface area contributed by atoms with Crippen LogP contribution >= 0.6 is 23.2 Å². The van der Waals surface area contributed by atoms with Gasteiger partial charge in [-0.2, -0.15) is 13.5 Å². The second kappa shape index (κ2) is 6.95. The van der Waals surface area contributed by atoms with Gasteiger partial charge in [0.15, 0.2) is 0 Å². The Labute approximate surface area is 141 Å². The van der Waals surface area contributed by atoms with Crippen LogP contribution in [0.3, 0.4) is 0 Å². The van der Waals surface area contributed by atoms with Gasteiger partial charge >= 0.3 is 0 Å². The fourth-order valence-corrected chi connectivity index (χ4v) is 2.94. The van der Waals surface area contributed by atoms with E-state index in [0.29, 0.717) is 15.6 Å². The van der Waals surface area contributed by atoms with Gasteiger partial charge in [0.25, 0.3) is 15.7 Å². The Hall–Kier alpha value is -2.16. The number of nitrogens with one attached hydrogen (secondary N) is 1. The van der Waals surface area contributed by atoms with Crippen LogP contribution < -0.4 is 4.83 Å². The summed E-state index contributed by atoms with van der Waals surface area (Å²) in [5, 5.41) is 14.9. The second-order valence-electron chi connectivity index (χ2n) is 4.24. The Bertz CT molecular complexity index is 864. The van der Waals surface area contributed by atoms with Crippen molar-refractivity contribution in [3.05, 3.63) is 68.2 Å². The van der Waals surface area contributed by atoms with Crippen molar-refractivity contribution in [2.24, 2.45) is 5.10 Å². The zero-order chi connectivity index (χ0) is 17.0. The van der Waals surface area contributed by atoms with Gasteiger partial charge in [-0.3, -0.25) is 10.1 Å². The van der Waals surface area contributed by atoms with E-state index in [1.165, 1.54) is 18.2 Å². The molecule has 0 saturated heterocycles. The molecule has 0 spiro atoms. The minimum atomic E-state index is -4.05. The molecule has 0 aliphatic rings. The van der Waals surface area contributed by atoms with Crippen molar-refractivity contribution in [1.29, 1.82) is 0 Å². The summed E-state index contributed by atoms with van der Waals surface area (Å²) in [4.78, 5) is 11.7. The predicted octanol–water partition coefficient (Wildman–Crippen LogP) is 3.21. The SMILES string of the molecule is O=[N+]([O-])c1cccc(S(=O)(=O)N/N=C/c2c(Cl)cccc2Cl)c1. The molecule has 0 aromatic heterocycles. The Morgan fingerprint density at radius 3 is 2.35 bits per heavy atom. The molecule has 0 heterocycles. The smallest absolute Gasteiger partial charge is 0.258 e. The molecule has 0 amide bonds. The van der Waals surface area contributed by atoms with E-state index in [1.54, 1.807) is 18.2 Å². The Balaban J connectivity index is 2.24. The number of nitro benzene ring substituents is 1. The summed E-state index contributed by atoms with van der Waals surface area (Å²) in [6.07, 6.45) is 1.15. The molecule has 7 nitrogen and oxygen atoms in total. The van der Waals surface area contributed by atoms with Crippen molar-refractivity contribution < 1.29 is 13.3 Å². The lowest BCUT2D eigenvalue weighted by molar-refractivity contribution is -0.385. The van der Waals surface area contributed by atoms with E-state index < -0.39 is 14.9 Å². The van der Waals surface area contributed by atoms with Crippen LogP contribution in [0.2, 0.25) is 10.0 Å². The van der Waals surface area contributed by atoms with E-state index in [4.69, 9.17) is 23.2 Å². The molecule has 2 rings (SSSR count). The van der Waals surface area contributed by atoms with Crippen LogP contribution in [0.1, 0.15) is 5.56 Å². The summed E-state index contributed by atoms with van der Waals surface area (Å²) in [7, 11) is -4.05. The van der Waals surface area contributed by atoms with Crippen molar-refractivity contribution >= 4 is 45.1 Å². The van der Waals surface area contributed by atoms with E-state index in [-0.39, 0.29) is 10.6 Å². The quantitative estimate of drug-likeness (QED) is 0.493. The molecule has 120 valence electrons. The largest absolute Gasteiger partial charge is 0.276 e. The second-order valence-corrected chi connectivity index (χ2v) is 6.72. The lowest BCUT2D eigenvalue weighted by atomic mass is 10.2. The van der Waals surface area contributed by atoms with Gasteiger partial charge in [0.1, 0.15) is 0 Å². The number of hydrogen-bond donors (Lipinski definition) is 1. The number of hydrogen-bond acceptors (Lipinski definition) is 5. The number of hydrazone groups is 1. The first kappa shape index (κ1) is 17.2. The first-order chi connectivity index (χ1) is 10.8. The molecule has 0 fully saturated rings. The number of nitro groups is 1. The molecule has 23 heavy (non-hydrogen) atoms. The lowest BCUT2D eigenvalue weighted by Gasteiger charge is -2.04. The summed E-state index contributed by atoms with van der Waals surface area (Å²) < 4.78 is 24.1. The number of halogens is 2. The maximum Gasteiger partial charge on any atom is 0.276 e. The van der Waals surface area contributed by atoms with Crippen LogP contribution in [0.5, 0.6) is 0 Å². The number of non-ortho nitro benzene ring substituents is 1. The lowest BCUT2D eigenvalue weighted by Crippen LogP contribution is -2.18. The zero-order valence-electron chi connectivity index (χ0n) is 11.3. The maximum absolute atomic E-state index is 12.1. The third-order valence-electron chi connectivity index (χ3n) is 2.70. The van der Waals surface area contributed by atoms with Crippen LogP contribution in [0.4, 0.5) is 5.69 Å². The highest BCUT2D eigenvalue weighted by Crippen LogP contribution is 2.22. The van der Waals surface area contributed by atoms with Gasteiger partial charge in [-0.25, -0.2) is 4.83 Å². The van der Waals surface area contributed by atoms with Gasteiger partial charge in [-0.1, -0.05) is 35.3 Å². The molecule has 10 heteroatoms. The maximum atomic E-state index is 12.1. The van der Waals surface area contributed by atoms with Crippen LogP contribution in [0.15, 0.2) is 52.5 Å². The fourth-order valence-electron chi connectivity index (χ4n) is 1.61. The van der Waals surface area contributed by atoms with Gasteiger partial charge in [0, 0.05) is 17.7 Å². The molecule has 0 radical (unpaired) electrons. The molecule has 0 unspecified atom stereocenters. The highest BCUT2D eigenvalue weighted by molar-refractivity contribution is 7.89. The molecule has 0 aliphatic carbocycles. The first-order valence-electron chi connectivity index (χ1n) is 6.04. The van der Waals surface area contributed by atoms with Crippen molar-refractivity contribution in [1.82, 2.24) is 4.83 Å². The summed E-state index contributed by atoms with van der Waals surface area (Å²) in [6, 6.07) is 9.38. The predicted molar refractivity (Wildman–Crippen MR) is 87.5 cm³/mol. The molecule has 2 aromatic rings. The number of rotatable bonds is 5. The topological polar surface area (TPSA) is 102 Å². The molecule has 2 aromatic carbocycles. The van der Waals surface area contributed by atoms with E-state index in [1.807, 2.05) is 4.83 Å². The van der Waals surface area contributed by atoms with Crippen LogP contribution in [0.25, 0.3) is 0 Å². The minimum Gasteiger partial charge on any atom is -0.258 e. The van der Waals surface area contributed by atoms with Crippen LogP contribution in [-0.4, -0.2) is 19.6 Å². The summed E-state index contributed by atoms with van der Waals surface area (Å²) in [5.74, 6) is 0. The monoisotopic (exact) mass is 373 g/mol. The zero-order valence-corrected chi connectivity index (χ0v) is 13.6. The number of sulfonamides is 1. The average Bonchev–Trinajstić information content (AvgIpc) is 2.50. The Morgan fingerprint density at radius 1 is 1.13 bits per heavy atom. The molecule has 0 bridgehead atoms. The van der Waals surface area contributed by atoms with Crippen LogP contribution in [-0.2, 0) is 10.0 Å². The van der Waals surface area contributed by atoms with Crippen molar-refractivity contribution in [2.75, 3.05) is 0 Å². The van der Waals surface area contributed by atoms with Crippen LogP contribution in [0, 0.1) is 10.1 Å². The molecular formula is C13H9Cl2N3O4S. The number of nitrogens with zero attached hydrogens (tertiary/aromatic N) is 2. The molecule has 1 N–H and O–H groups in total. The van der Waals surface area contributed by atoms with Gasteiger partial charge in [-0.15, -0.1) is 0 Å². The third-order valence-corrected chi connectivity index (χ3v) is 4.58. The van der Waals surface area contributed by atoms with Gasteiger partial charge in [0.05, 0.1) is 26.1 Å². The highest BCUT2D eigenvalue weighted by Gasteiger charge is 2.16. The molecule has 0 atom stereocenters. The van der Waals surface area contributed by atoms with E-state index in [2.05, 4.69) is 5.10 Å². The van der Waals surface area contributed by atoms with Crippen molar-refractivity contribution in [2.45, 2.75) is 4.90 Å². The summed E-state index contributed by atoms with van der Waals surface area (Å²) in [6.45, 7) is 0. The van der Waals surface area contributed by atoms with Crippen molar-refractivity contribution in [3.63, 3.8) is 0 Å². The van der Waals surface area contributed by atoms with Gasteiger partial charge < -0.3 is 0 Å². The fraction of sp³-hybridized carbons (Fsp3) is 0. The minimum absolute atomic E-state index is 0.283. The highest BCUT2D eigenvalue weighted by atomic mass is 35.5. The van der Waals surface area contributed by atoms with Gasteiger partial charge in [0.2, 0.25) is 0 Å². The first-order valence-corrected chi connectivity index (χ1v) is 8.28. The normalized spacial score (nSPS) is 11.6. The van der Waals surface area contributed by atoms with E-state index in [9.17, 15) is 18.5 Å². The van der Waals surface area contributed by atoms with Crippen molar-refractivity contribution in [3.8, 4) is 0 Å². The molecular weight excluding hydrogens is 365 g/mol. The standard InChI is InChI=1S/C13H9Cl2N3O4S/c14-12-5-2-6-13(15)11(12)8-16-17-23(21,22)10-4-1-3-9(7-10)18(19)20/h1-8,17H/b16-8+. The summed E-state index contributed by atoms with van der Waals surface area (Å²) in [5.41, 5.74) is 0.00331. The van der Waals surface area contributed by atoms with E-state index in [0.717, 1.165) is 12.3 Å².